The normalized spacial score (nSPS) is 30.3. The van der Waals surface area contributed by atoms with Crippen molar-refractivity contribution in [3.05, 3.63) is 0 Å². The predicted octanol–water partition coefficient (Wildman–Crippen LogP) is 0.349. The van der Waals surface area contributed by atoms with Crippen molar-refractivity contribution in [3.63, 3.8) is 0 Å². The molecule has 2 aliphatic rings. The molecule has 2 saturated heterocycles. The molecule has 64 valence electrons. The van der Waals surface area contributed by atoms with Gasteiger partial charge in [-0.2, -0.15) is 11.8 Å². The summed E-state index contributed by atoms with van der Waals surface area (Å²) in [5.41, 5.74) is 0. The van der Waals surface area contributed by atoms with Gasteiger partial charge in [-0.25, -0.2) is 0 Å². The molecular weight excluding hydrogens is 156 g/mol. The Morgan fingerprint density at radius 2 is 1.73 bits per heavy atom. The second kappa shape index (κ2) is 3.33. The van der Waals surface area contributed by atoms with E-state index in [0.717, 1.165) is 6.04 Å². The lowest BCUT2D eigenvalue weighted by molar-refractivity contribution is 0.125. The van der Waals surface area contributed by atoms with Gasteiger partial charge in [-0.05, 0) is 7.05 Å². The molecule has 0 atom stereocenters. The highest BCUT2D eigenvalue weighted by Gasteiger charge is 2.27. The van der Waals surface area contributed by atoms with E-state index in [0.29, 0.717) is 0 Å². The fourth-order valence-corrected chi connectivity index (χ4v) is 2.49. The summed E-state index contributed by atoms with van der Waals surface area (Å²) in [6, 6.07) is 0.925. The smallest absolute Gasteiger partial charge is 0.0278 e. The minimum Gasteiger partial charge on any atom is -0.304 e. The van der Waals surface area contributed by atoms with Crippen LogP contribution in [0.5, 0.6) is 0 Å². The zero-order valence-electron chi connectivity index (χ0n) is 7.12. The summed E-state index contributed by atoms with van der Waals surface area (Å²) in [7, 11) is 2.22. The Labute approximate surface area is 72.9 Å². The molecule has 0 bridgehead atoms. The molecular formula is C8H16N2S. The Hall–Kier alpha value is 0.270. The third-order valence-electron chi connectivity index (χ3n) is 2.67. The Kier molecular flexibility index (Phi) is 2.39. The van der Waals surface area contributed by atoms with E-state index in [2.05, 4.69) is 28.6 Å². The van der Waals surface area contributed by atoms with E-state index in [9.17, 15) is 0 Å². The fraction of sp³-hybridized carbons (Fsp3) is 1.00. The van der Waals surface area contributed by atoms with Crippen LogP contribution < -0.4 is 0 Å². The molecule has 2 rings (SSSR count). The van der Waals surface area contributed by atoms with E-state index in [1.165, 1.54) is 37.7 Å². The lowest BCUT2D eigenvalue weighted by Crippen LogP contribution is -2.53. The van der Waals surface area contributed by atoms with Crippen molar-refractivity contribution in [2.75, 3.05) is 44.7 Å². The average Bonchev–Trinajstić information content (AvgIpc) is 1.90. The Morgan fingerprint density at radius 1 is 1.09 bits per heavy atom. The molecule has 0 aromatic rings. The number of likely N-dealkylation sites (N-methyl/N-ethyl adjacent to an activating group) is 1. The molecule has 2 fully saturated rings. The van der Waals surface area contributed by atoms with Crippen molar-refractivity contribution >= 4 is 11.8 Å². The average molecular weight is 172 g/mol. The van der Waals surface area contributed by atoms with Gasteiger partial charge in [-0.15, -0.1) is 0 Å². The van der Waals surface area contributed by atoms with Gasteiger partial charge in [0.25, 0.3) is 0 Å². The third-order valence-corrected chi connectivity index (χ3v) is 3.92. The highest BCUT2D eigenvalue weighted by Crippen LogP contribution is 2.23. The third kappa shape index (κ3) is 1.71. The molecule has 0 aliphatic carbocycles. The molecule has 0 spiro atoms. The summed E-state index contributed by atoms with van der Waals surface area (Å²) in [4.78, 5) is 5.07. The molecule has 0 unspecified atom stereocenters. The molecule has 11 heavy (non-hydrogen) atoms. The maximum absolute atomic E-state index is 2.65. The van der Waals surface area contributed by atoms with Gasteiger partial charge in [0, 0.05) is 43.7 Å². The molecule has 0 saturated carbocycles. The molecule has 0 aromatic heterocycles. The number of nitrogens with zero attached hydrogens (tertiary/aromatic N) is 2. The number of thioether (sulfide) groups is 1. The van der Waals surface area contributed by atoms with Crippen LogP contribution in [0.15, 0.2) is 0 Å². The fourth-order valence-electron chi connectivity index (χ4n) is 1.62. The van der Waals surface area contributed by atoms with Crippen molar-refractivity contribution in [2.24, 2.45) is 0 Å². The topological polar surface area (TPSA) is 6.48 Å². The molecule has 2 heterocycles. The molecule has 3 heteroatoms. The van der Waals surface area contributed by atoms with Crippen molar-refractivity contribution < 1.29 is 0 Å². The molecule has 2 aliphatic heterocycles. The van der Waals surface area contributed by atoms with Gasteiger partial charge >= 0.3 is 0 Å². The van der Waals surface area contributed by atoms with Crippen LogP contribution in [-0.2, 0) is 0 Å². The first-order chi connectivity index (χ1) is 5.36. The molecule has 0 aromatic carbocycles. The van der Waals surface area contributed by atoms with E-state index in [4.69, 9.17) is 0 Å². The first-order valence-corrected chi connectivity index (χ1v) is 5.52. The Balaban J connectivity index is 1.77. The Bertz CT molecular complexity index is 128. The van der Waals surface area contributed by atoms with Crippen LogP contribution in [0, 0.1) is 0 Å². The summed E-state index contributed by atoms with van der Waals surface area (Å²) in [5, 5.41) is 0. The summed E-state index contributed by atoms with van der Waals surface area (Å²) in [6.45, 7) is 5.12. The van der Waals surface area contributed by atoms with E-state index in [1.807, 2.05) is 0 Å². The van der Waals surface area contributed by atoms with Crippen molar-refractivity contribution in [2.45, 2.75) is 6.04 Å². The summed E-state index contributed by atoms with van der Waals surface area (Å²) >= 11 is 2.08. The van der Waals surface area contributed by atoms with Crippen LogP contribution in [0.3, 0.4) is 0 Å². The number of hydrogen-bond acceptors (Lipinski definition) is 3. The second-order valence-electron chi connectivity index (χ2n) is 3.53. The minimum atomic E-state index is 0.925. The SMILES string of the molecule is CN1CCN(C2CSC2)CC1. The van der Waals surface area contributed by atoms with Crippen LogP contribution in [0.25, 0.3) is 0 Å². The first kappa shape index (κ1) is 7.90. The summed E-state index contributed by atoms with van der Waals surface area (Å²) < 4.78 is 0. The predicted molar refractivity (Wildman–Crippen MR) is 50.2 cm³/mol. The zero-order valence-corrected chi connectivity index (χ0v) is 7.94. The summed E-state index contributed by atoms with van der Waals surface area (Å²) in [6.07, 6.45) is 0. The number of hydrogen-bond donors (Lipinski definition) is 0. The minimum absolute atomic E-state index is 0.925. The lowest BCUT2D eigenvalue weighted by atomic mass is 10.2. The maximum Gasteiger partial charge on any atom is 0.0278 e. The highest BCUT2D eigenvalue weighted by molar-refractivity contribution is 8.00. The maximum atomic E-state index is 2.65. The van der Waals surface area contributed by atoms with Crippen LogP contribution in [0.2, 0.25) is 0 Å². The van der Waals surface area contributed by atoms with Crippen LogP contribution in [0.1, 0.15) is 0 Å². The van der Waals surface area contributed by atoms with Crippen molar-refractivity contribution in [3.8, 4) is 0 Å². The van der Waals surface area contributed by atoms with Gasteiger partial charge in [0.1, 0.15) is 0 Å². The van der Waals surface area contributed by atoms with Gasteiger partial charge < -0.3 is 4.90 Å². The summed E-state index contributed by atoms with van der Waals surface area (Å²) in [5.74, 6) is 2.76. The Morgan fingerprint density at radius 3 is 2.18 bits per heavy atom. The van der Waals surface area contributed by atoms with Gasteiger partial charge in [0.2, 0.25) is 0 Å². The monoisotopic (exact) mass is 172 g/mol. The van der Waals surface area contributed by atoms with Crippen molar-refractivity contribution in [1.29, 1.82) is 0 Å². The van der Waals surface area contributed by atoms with Crippen LogP contribution >= 0.6 is 11.8 Å². The van der Waals surface area contributed by atoms with Gasteiger partial charge in [-0.1, -0.05) is 0 Å². The quantitative estimate of drug-likeness (QED) is 0.563. The van der Waals surface area contributed by atoms with Crippen molar-refractivity contribution in [1.82, 2.24) is 9.80 Å². The van der Waals surface area contributed by atoms with E-state index < -0.39 is 0 Å². The second-order valence-corrected chi connectivity index (χ2v) is 4.61. The van der Waals surface area contributed by atoms with Gasteiger partial charge in [0.15, 0.2) is 0 Å². The van der Waals surface area contributed by atoms with Crippen LogP contribution in [-0.4, -0.2) is 60.6 Å². The van der Waals surface area contributed by atoms with Gasteiger partial charge in [0.05, 0.1) is 0 Å². The standard InChI is InChI=1S/C8H16N2S/c1-9-2-4-10(5-3-9)8-6-11-7-8/h8H,2-7H2,1H3. The largest absolute Gasteiger partial charge is 0.304 e. The number of rotatable bonds is 1. The molecule has 0 radical (unpaired) electrons. The molecule has 0 N–H and O–H groups in total. The highest BCUT2D eigenvalue weighted by atomic mass is 32.2. The molecule has 0 amide bonds. The van der Waals surface area contributed by atoms with E-state index in [1.54, 1.807) is 0 Å². The lowest BCUT2D eigenvalue weighted by Gasteiger charge is -2.41. The zero-order chi connectivity index (χ0) is 7.68. The van der Waals surface area contributed by atoms with E-state index >= 15 is 0 Å². The van der Waals surface area contributed by atoms with E-state index in [-0.39, 0.29) is 0 Å². The number of piperazine rings is 1. The van der Waals surface area contributed by atoms with Gasteiger partial charge in [-0.3, -0.25) is 4.90 Å². The molecule has 2 nitrogen and oxygen atoms in total. The van der Waals surface area contributed by atoms with Crippen LogP contribution in [0.4, 0.5) is 0 Å². The first-order valence-electron chi connectivity index (χ1n) is 4.36.